The first-order valence-electron chi connectivity index (χ1n) is 12.1. The molecule has 38 heavy (non-hydrogen) atoms. The highest BCUT2D eigenvalue weighted by atomic mass is 19.1. The molecule has 0 unspecified atom stereocenters. The van der Waals surface area contributed by atoms with Crippen LogP contribution in [0.2, 0.25) is 0 Å². The number of nitrogens with two attached hydrogens (primary N) is 2. The number of nitrogens with zero attached hydrogens (tertiary/aromatic N) is 5. The van der Waals surface area contributed by atoms with Crippen molar-refractivity contribution in [2.45, 2.75) is 43.8 Å². The number of ether oxygens (including phenoxy) is 1. The Bertz CT molecular complexity index is 1550. The second kappa shape index (κ2) is 9.25. The molecular formula is C26H27F2N7O3. The minimum absolute atomic E-state index is 0.0115. The third-order valence-electron chi connectivity index (χ3n) is 7.13. The number of likely N-dealkylation sites (tertiary alicyclic amines) is 1. The van der Waals surface area contributed by atoms with Crippen LogP contribution in [0.3, 0.4) is 0 Å². The molecule has 1 aliphatic heterocycles. The molecule has 2 atom stereocenters. The fourth-order valence-corrected chi connectivity index (χ4v) is 5.20. The number of methoxy groups -OCH3 is 1. The Morgan fingerprint density at radius 1 is 1.34 bits per heavy atom. The Kier molecular flexibility index (Phi) is 6.19. The average Bonchev–Trinajstić information content (AvgIpc) is 3.40. The topological polar surface area (TPSA) is 134 Å². The van der Waals surface area contributed by atoms with E-state index in [9.17, 15) is 14.0 Å². The summed E-state index contributed by atoms with van der Waals surface area (Å²) in [5, 5.41) is 4.42. The van der Waals surface area contributed by atoms with Gasteiger partial charge in [-0.15, -0.1) is 0 Å². The van der Waals surface area contributed by atoms with Gasteiger partial charge in [0.05, 0.1) is 35.6 Å². The van der Waals surface area contributed by atoms with Crippen LogP contribution in [0.15, 0.2) is 25.0 Å². The van der Waals surface area contributed by atoms with Crippen molar-refractivity contribution in [2.24, 2.45) is 5.73 Å². The van der Waals surface area contributed by atoms with Crippen molar-refractivity contribution < 1.29 is 23.1 Å². The first-order chi connectivity index (χ1) is 18.1. The number of anilines is 1. The second-order valence-electron chi connectivity index (χ2n) is 9.91. The van der Waals surface area contributed by atoms with Crippen LogP contribution in [0.4, 0.5) is 14.6 Å². The van der Waals surface area contributed by atoms with Gasteiger partial charge in [0.15, 0.2) is 11.5 Å². The lowest BCUT2D eigenvalue weighted by molar-refractivity contribution is -0.127. The molecule has 3 aromatic rings. The van der Waals surface area contributed by atoms with E-state index in [1.807, 2.05) is 6.92 Å². The minimum atomic E-state index is -0.899. The molecule has 1 saturated carbocycles. The van der Waals surface area contributed by atoms with Crippen molar-refractivity contribution in [1.29, 1.82) is 0 Å². The predicted octanol–water partition coefficient (Wildman–Crippen LogP) is 2.08. The Balaban J connectivity index is 1.56. The number of hydrogen-bond acceptors (Lipinski definition) is 6. The maximum absolute atomic E-state index is 15.2. The van der Waals surface area contributed by atoms with Gasteiger partial charge in [-0.05, 0) is 38.2 Å². The van der Waals surface area contributed by atoms with Crippen LogP contribution < -0.4 is 11.5 Å². The molecule has 1 aromatic carbocycles. The summed E-state index contributed by atoms with van der Waals surface area (Å²) in [5.74, 6) is 2.04. The van der Waals surface area contributed by atoms with E-state index in [0.717, 1.165) is 12.8 Å². The minimum Gasteiger partial charge on any atom is -0.383 e. The van der Waals surface area contributed by atoms with Crippen LogP contribution in [-0.4, -0.2) is 62.3 Å². The highest BCUT2D eigenvalue weighted by Gasteiger charge is 2.46. The number of fused-ring (bicyclic) bond motifs is 1. The SMILES string of the molecule is C=CC(=O)N1C[C@@](C)(n2nc(C#Cc3c(F)cc4c(ncn4C4CC4)c3F)c(C(N)=O)c2N)C[C@@H]1COC. The summed E-state index contributed by atoms with van der Waals surface area (Å²) >= 11 is 0. The number of benzene rings is 1. The number of aromatic nitrogens is 4. The number of nitrogen functional groups attached to an aromatic ring is 1. The molecule has 0 spiro atoms. The molecule has 2 fully saturated rings. The zero-order chi connectivity index (χ0) is 27.4. The number of halogens is 2. The number of carbonyl (C=O) groups is 2. The number of carbonyl (C=O) groups excluding carboxylic acids is 2. The van der Waals surface area contributed by atoms with E-state index in [4.69, 9.17) is 16.2 Å². The van der Waals surface area contributed by atoms with Gasteiger partial charge in [-0.3, -0.25) is 9.59 Å². The van der Waals surface area contributed by atoms with Gasteiger partial charge in [-0.2, -0.15) is 5.10 Å². The Morgan fingerprint density at radius 2 is 2.08 bits per heavy atom. The fourth-order valence-electron chi connectivity index (χ4n) is 5.20. The summed E-state index contributed by atoms with van der Waals surface area (Å²) in [7, 11) is 1.53. The molecule has 4 N–H and O–H groups in total. The van der Waals surface area contributed by atoms with Crippen LogP contribution in [-0.2, 0) is 15.1 Å². The smallest absolute Gasteiger partial charge is 0.255 e. The molecular weight excluding hydrogens is 496 g/mol. The fraction of sp³-hybridized carbons (Fsp3) is 0.385. The monoisotopic (exact) mass is 523 g/mol. The molecule has 0 bridgehead atoms. The third-order valence-corrected chi connectivity index (χ3v) is 7.13. The van der Waals surface area contributed by atoms with Crippen LogP contribution in [0.5, 0.6) is 0 Å². The number of amides is 2. The van der Waals surface area contributed by atoms with E-state index in [2.05, 4.69) is 28.5 Å². The van der Waals surface area contributed by atoms with Gasteiger partial charge >= 0.3 is 0 Å². The lowest BCUT2D eigenvalue weighted by atomic mass is 9.99. The van der Waals surface area contributed by atoms with Gasteiger partial charge in [0.1, 0.15) is 22.7 Å². The lowest BCUT2D eigenvalue weighted by Crippen LogP contribution is -2.39. The molecule has 5 rings (SSSR count). The number of hydrogen-bond donors (Lipinski definition) is 2. The molecule has 1 saturated heterocycles. The van der Waals surface area contributed by atoms with Crippen LogP contribution >= 0.6 is 0 Å². The van der Waals surface area contributed by atoms with Gasteiger partial charge in [-0.25, -0.2) is 18.4 Å². The highest BCUT2D eigenvalue weighted by Crippen LogP contribution is 2.38. The Labute approximate surface area is 217 Å². The predicted molar refractivity (Wildman–Crippen MR) is 135 cm³/mol. The molecule has 198 valence electrons. The molecule has 10 nitrogen and oxygen atoms in total. The summed E-state index contributed by atoms with van der Waals surface area (Å²) in [6.07, 6.45) is 4.97. The maximum atomic E-state index is 15.2. The molecule has 0 radical (unpaired) electrons. The van der Waals surface area contributed by atoms with Crippen molar-refractivity contribution in [3.05, 3.63) is 53.5 Å². The van der Waals surface area contributed by atoms with Crippen molar-refractivity contribution >= 4 is 28.7 Å². The van der Waals surface area contributed by atoms with Gasteiger partial charge < -0.3 is 25.7 Å². The van der Waals surface area contributed by atoms with Crippen molar-refractivity contribution in [3.8, 4) is 11.8 Å². The number of rotatable bonds is 6. The summed E-state index contributed by atoms with van der Waals surface area (Å²) in [6, 6.07) is 1.10. The Morgan fingerprint density at radius 3 is 2.71 bits per heavy atom. The lowest BCUT2D eigenvalue weighted by Gasteiger charge is -2.26. The van der Waals surface area contributed by atoms with Gasteiger partial charge in [0.2, 0.25) is 5.91 Å². The van der Waals surface area contributed by atoms with Crippen molar-refractivity contribution in [1.82, 2.24) is 24.2 Å². The van der Waals surface area contributed by atoms with Crippen molar-refractivity contribution in [2.75, 3.05) is 26.0 Å². The standard InChI is InChI=1S/C26H27F2N7O3/c1-4-20(36)33-12-26(2,10-15(33)11-38-3)35-24(29)21(25(30)37)18(32-35)8-7-16-17(27)9-19-23(22(16)28)31-13-34(19)14-5-6-14/h4,9,13-15H,1,5-6,10-12,29H2,2-3H3,(H2,30,37)/t15-,26+/m1/s1. The van der Waals surface area contributed by atoms with Gasteiger partial charge in [0.25, 0.3) is 5.91 Å². The van der Waals surface area contributed by atoms with E-state index >= 15 is 4.39 Å². The number of imidazole rings is 1. The molecule has 2 aliphatic rings. The van der Waals surface area contributed by atoms with E-state index in [0.29, 0.717) is 11.9 Å². The van der Waals surface area contributed by atoms with Gasteiger partial charge in [-0.1, -0.05) is 12.5 Å². The zero-order valence-electron chi connectivity index (χ0n) is 21.0. The summed E-state index contributed by atoms with van der Waals surface area (Å²) in [4.78, 5) is 30.5. The largest absolute Gasteiger partial charge is 0.383 e. The summed E-state index contributed by atoms with van der Waals surface area (Å²) < 4.78 is 38.6. The summed E-state index contributed by atoms with van der Waals surface area (Å²) in [5.41, 5.74) is 10.6. The molecule has 1 aliphatic carbocycles. The van der Waals surface area contributed by atoms with E-state index in [-0.39, 0.29) is 53.7 Å². The zero-order valence-corrected chi connectivity index (χ0v) is 21.0. The summed E-state index contributed by atoms with van der Waals surface area (Å²) in [6.45, 7) is 5.84. The van der Waals surface area contributed by atoms with Crippen molar-refractivity contribution in [3.63, 3.8) is 0 Å². The first-order valence-corrected chi connectivity index (χ1v) is 12.1. The second-order valence-corrected chi connectivity index (χ2v) is 9.91. The average molecular weight is 524 g/mol. The molecule has 3 heterocycles. The van der Waals surface area contributed by atoms with E-state index < -0.39 is 28.6 Å². The normalized spacial score (nSPS) is 20.9. The molecule has 2 amide bonds. The van der Waals surface area contributed by atoms with E-state index in [1.165, 1.54) is 30.3 Å². The maximum Gasteiger partial charge on any atom is 0.255 e. The van der Waals surface area contributed by atoms with Crippen LogP contribution in [0, 0.1) is 23.5 Å². The van der Waals surface area contributed by atoms with Crippen LogP contribution in [0.1, 0.15) is 53.8 Å². The highest BCUT2D eigenvalue weighted by molar-refractivity contribution is 5.99. The molecule has 12 heteroatoms. The first kappa shape index (κ1) is 25.4. The molecule has 2 aromatic heterocycles. The van der Waals surface area contributed by atoms with Crippen LogP contribution in [0.25, 0.3) is 11.0 Å². The quantitative estimate of drug-likeness (QED) is 0.375. The Hall–Kier alpha value is -4.24. The van der Waals surface area contributed by atoms with E-state index in [1.54, 1.807) is 9.47 Å². The number of primary amides is 1. The van der Waals surface area contributed by atoms with Gasteiger partial charge in [0, 0.05) is 25.8 Å². The third kappa shape index (κ3) is 4.09.